The lowest BCUT2D eigenvalue weighted by Crippen LogP contribution is -2.28. The molecule has 0 bridgehead atoms. The summed E-state index contributed by atoms with van der Waals surface area (Å²) in [6.45, 7) is 1.13. The first-order chi connectivity index (χ1) is 12.2. The van der Waals surface area contributed by atoms with Crippen LogP contribution in [0.15, 0.2) is 23.6 Å². The molecule has 132 valence electrons. The van der Waals surface area contributed by atoms with E-state index < -0.39 is 0 Å². The maximum absolute atomic E-state index is 12.2. The third-order valence-corrected chi connectivity index (χ3v) is 5.51. The Morgan fingerprint density at radius 2 is 2.12 bits per heavy atom. The number of nitrogens with one attached hydrogen (secondary N) is 1. The van der Waals surface area contributed by atoms with Crippen LogP contribution in [0.3, 0.4) is 0 Å². The van der Waals surface area contributed by atoms with Crippen molar-refractivity contribution in [3.63, 3.8) is 0 Å². The number of carbonyl (C=O) groups is 1. The van der Waals surface area contributed by atoms with Gasteiger partial charge in [-0.3, -0.25) is 4.79 Å². The van der Waals surface area contributed by atoms with Gasteiger partial charge in [0.2, 0.25) is 5.91 Å². The van der Waals surface area contributed by atoms with Crippen molar-refractivity contribution in [2.75, 3.05) is 18.5 Å². The fourth-order valence-corrected chi connectivity index (χ4v) is 4.13. The molecule has 1 aromatic carbocycles. The molecule has 2 atom stereocenters. The molecule has 1 aliphatic carbocycles. The first-order valence-electron chi connectivity index (χ1n) is 8.60. The van der Waals surface area contributed by atoms with Crippen molar-refractivity contribution in [2.45, 2.75) is 31.7 Å². The van der Waals surface area contributed by atoms with E-state index in [9.17, 15) is 4.79 Å². The number of anilines is 1. The minimum absolute atomic E-state index is 0.00887. The first kappa shape index (κ1) is 16.4. The van der Waals surface area contributed by atoms with Crippen LogP contribution in [0, 0.1) is 5.92 Å². The molecule has 1 amide bonds. The molecular weight excluding hydrogens is 338 g/mol. The molecule has 7 heteroatoms. The molecule has 1 aliphatic heterocycles. The first-order valence-corrected chi connectivity index (χ1v) is 9.48. The van der Waals surface area contributed by atoms with Crippen LogP contribution in [-0.4, -0.2) is 30.1 Å². The Morgan fingerprint density at radius 3 is 2.92 bits per heavy atom. The van der Waals surface area contributed by atoms with Crippen molar-refractivity contribution in [3.05, 3.63) is 23.6 Å². The van der Waals surface area contributed by atoms with E-state index in [1.54, 1.807) is 0 Å². The fraction of sp³-hybridized carbons (Fsp3) is 0.444. The Hall–Kier alpha value is -2.12. The van der Waals surface area contributed by atoms with Gasteiger partial charge in [0.05, 0.1) is 5.69 Å². The fourth-order valence-electron chi connectivity index (χ4n) is 3.39. The van der Waals surface area contributed by atoms with Gasteiger partial charge in [-0.1, -0.05) is 6.42 Å². The minimum Gasteiger partial charge on any atom is -0.486 e. The van der Waals surface area contributed by atoms with Crippen LogP contribution in [0.25, 0.3) is 11.3 Å². The van der Waals surface area contributed by atoms with Crippen molar-refractivity contribution in [3.8, 4) is 22.8 Å². The third-order valence-electron chi connectivity index (χ3n) is 4.75. The number of benzene rings is 1. The maximum Gasteiger partial charge on any atom is 0.226 e. The van der Waals surface area contributed by atoms with E-state index in [0.29, 0.717) is 24.8 Å². The van der Waals surface area contributed by atoms with Gasteiger partial charge in [0.15, 0.2) is 16.6 Å². The van der Waals surface area contributed by atoms with Gasteiger partial charge < -0.3 is 20.5 Å². The molecule has 2 aromatic rings. The molecule has 0 radical (unpaired) electrons. The number of ether oxygens (including phenoxy) is 2. The number of nitrogens with zero attached hydrogens (tertiary/aromatic N) is 1. The average Bonchev–Trinajstić information content (AvgIpc) is 3.24. The number of thiazole rings is 1. The molecule has 0 saturated heterocycles. The van der Waals surface area contributed by atoms with Gasteiger partial charge in [0, 0.05) is 23.4 Å². The van der Waals surface area contributed by atoms with Gasteiger partial charge in [0.25, 0.3) is 0 Å². The molecule has 1 saturated carbocycles. The molecule has 1 aromatic heterocycles. The zero-order chi connectivity index (χ0) is 17.2. The van der Waals surface area contributed by atoms with Crippen LogP contribution in [0.1, 0.15) is 25.7 Å². The van der Waals surface area contributed by atoms with Gasteiger partial charge in [-0.05, 0) is 37.0 Å². The van der Waals surface area contributed by atoms with Crippen LogP contribution in [0.5, 0.6) is 11.5 Å². The molecule has 6 nitrogen and oxygen atoms in total. The summed E-state index contributed by atoms with van der Waals surface area (Å²) in [6, 6.07) is 5.91. The number of hydrogen-bond donors (Lipinski definition) is 2. The highest BCUT2D eigenvalue weighted by molar-refractivity contribution is 7.14. The Morgan fingerprint density at radius 1 is 1.28 bits per heavy atom. The van der Waals surface area contributed by atoms with E-state index in [-0.39, 0.29) is 17.9 Å². The van der Waals surface area contributed by atoms with E-state index in [1.165, 1.54) is 11.3 Å². The summed E-state index contributed by atoms with van der Waals surface area (Å²) in [7, 11) is 0. The Bertz CT molecular complexity index is 777. The number of rotatable bonds is 4. The van der Waals surface area contributed by atoms with Crippen LogP contribution < -0.4 is 20.5 Å². The summed E-state index contributed by atoms with van der Waals surface area (Å²) < 4.78 is 11.1. The van der Waals surface area contributed by atoms with Crippen LogP contribution in [0.4, 0.5) is 5.13 Å². The summed E-state index contributed by atoms with van der Waals surface area (Å²) in [5.74, 6) is 1.77. The van der Waals surface area contributed by atoms with Gasteiger partial charge in [-0.2, -0.15) is 0 Å². The zero-order valence-electron chi connectivity index (χ0n) is 13.9. The van der Waals surface area contributed by atoms with Gasteiger partial charge >= 0.3 is 0 Å². The SMILES string of the molecule is N[C@@H]1CCC[C@H]1CC(=O)Nc1nc(-c2ccc3c(c2)OCCO3)cs1. The van der Waals surface area contributed by atoms with E-state index in [1.807, 2.05) is 23.6 Å². The van der Waals surface area contributed by atoms with E-state index in [2.05, 4.69) is 10.3 Å². The topological polar surface area (TPSA) is 86.5 Å². The summed E-state index contributed by atoms with van der Waals surface area (Å²) in [5.41, 5.74) is 7.80. The number of aromatic nitrogens is 1. The van der Waals surface area contributed by atoms with E-state index in [0.717, 1.165) is 42.0 Å². The van der Waals surface area contributed by atoms with E-state index >= 15 is 0 Å². The molecule has 1 fully saturated rings. The van der Waals surface area contributed by atoms with E-state index in [4.69, 9.17) is 15.2 Å². The summed E-state index contributed by atoms with van der Waals surface area (Å²) in [5, 5.41) is 5.44. The summed E-state index contributed by atoms with van der Waals surface area (Å²) in [6.07, 6.45) is 3.64. The highest BCUT2D eigenvalue weighted by atomic mass is 32.1. The lowest BCUT2D eigenvalue weighted by Gasteiger charge is -2.18. The summed E-state index contributed by atoms with van der Waals surface area (Å²) in [4.78, 5) is 16.7. The molecule has 0 unspecified atom stereocenters. The number of hydrogen-bond acceptors (Lipinski definition) is 6. The van der Waals surface area contributed by atoms with Crippen LogP contribution in [-0.2, 0) is 4.79 Å². The maximum atomic E-state index is 12.2. The standard InChI is InChI=1S/C18H21N3O3S/c19-13-3-1-2-11(13)9-17(22)21-18-20-14(10-25-18)12-4-5-15-16(8-12)24-7-6-23-15/h4-5,8,10-11,13H,1-3,6-7,9,19H2,(H,20,21,22)/t11-,13+/m0/s1. The second-order valence-electron chi connectivity index (χ2n) is 6.50. The Labute approximate surface area is 150 Å². The molecule has 25 heavy (non-hydrogen) atoms. The summed E-state index contributed by atoms with van der Waals surface area (Å²) >= 11 is 1.42. The van der Waals surface area contributed by atoms with Crippen molar-refractivity contribution in [1.29, 1.82) is 0 Å². The van der Waals surface area contributed by atoms with Gasteiger partial charge in [-0.15, -0.1) is 11.3 Å². The highest BCUT2D eigenvalue weighted by Crippen LogP contribution is 2.35. The predicted octanol–water partition coefficient (Wildman–Crippen LogP) is 3.04. The monoisotopic (exact) mass is 359 g/mol. The Kier molecular flexibility index (Phi) is 4.59. The largest absolute Gasteiger partial charge is 0.486 e. The second-order valence-corrected chi connectivity index (χ2v) is 7.36. The lowest BCUT2D eigenvalue weighted by atomic mass is 10.00. The molecule has 3 N–H and O–H groups in total. The second kappa shape index (κ2) is 7.01. The zero-order valence-corrected chi connectivity index (χ0v) is 14.7. The van der Waals surface area contributed by atoms with Crippen molar-refractivity contribution >= 4 is 22.4 Å². The van der Waals surface area contributed by atoms with Gasteiger partial charge in [0.1, 0.15) is 13.2 Å². The van der Waals surface area contributed by atoms with Crippen LogP contribution in [0.2, 0.25) is 0 Å². The number of carbonyl (C=O) groups excluding carboxylic acids is 1. The van der Waals surface area contributed by atoms with Crippen LogP contribution >= 0.6 is 11.3 Å². The highest BCUT2D eigenvalue weighted by Gasteiger charge is 2.26. The molecule has 0 spiro atoms. The quantitative estimate of drug-likeness (QED) is 0.876. The van der Waals surface area contributed by atoms with Crippen molar-refractivity contribution in [1.82, 2.24) is 4.98 Å². The molecule has 4 rings (SSSR count). The Balaban J connectivity index is 1.42. The molecular formula is C18H21N3O3S. The van der Waals surface area contributed by atoms with Crippen molar-refractivity contribution in [2.24, 2.45) is 11.7 Å². The number of amides is 1. The normalized spacial score (nSPS) is 22.0. The number of nitrogens with two attached hydrogens (primary N) is 1. The average molecular weight is 359 g/mol. The molecule has 2 heterocycles. The predicted molar refractivity (Wildman–Crippen MR) is 97.1 cm³/mol. The molecule has 2 aliphatic rings. The van der Waals surface area contributed by atoms with Crippen molar-refractivity contribution < 1.29 is 14.3 Å². The minimum atomic E-state index is -0.00887. The number of fused-ring (bicyclic) bond motifs is 1. The lowest BCUT2D eigenvalue weighted by molar-refractivity contribution is -0.117. The van der Waals surface area contributed by atoms with Gasteiger partial charge in [-0.25, -0.2) is 4.98 Å². The third kappa shape index (κ3) is 3.62. The smallest absolute Gasteiger partial charge is 0.226 e.